The van der Waals surface area contributed by atoms with E-state index in [1.54, 1.807) is 6.92 Å². The fourth-order valence-corrected chi connectivity index (χ4v) is 3.31. The van der Waals surface area contributed by atoms with Crippen molar-refractivity contribution in [3.63, 3.8) is 0 Å². The summed E-state index contributed by atoms with van der Waals surface area (Å²) >= 11 is 0. The summed E-state index contributed by atoms with van der Waals surface area (Å²) in [7, 11) is -3.87. The summed E-state index contributed by atoms with van der Waals surface area (Å²) in [5.41, 5.74) is 0. The molecule has 1 N–H and O–H groups in total. The Morgan fingerprint density at radius 3 is 2.68 bits per heavy atom. The molecule has 0 saturated carbocycles. The Morgan fingerprint density at radius 1 is 1.37 bits per heavy atom. The highest BCUT2D eigenvalue weighted by molar-refractivity contribution is 7.89. The van der Waals surface area contributed by atoms with E-state index in [9.17, 15) is 17.2 Å². The number of benzene rings is 1. The van der Waals surface area contributed by atoms with Gasteiger partial charge >= 0.3 is 0 Å². The van der Waals surface area contributed by atoms with E-state index in [1.807, 2.05) is 0 Å². The molecule has 2 atom stereocenters. The summed E-state index contributed by atoms with van der Waals surface area (Å²) in [6, 6.07) is 2.07. The fourth-order valence-electron chi connectivity index (χ4n) is 2.03. The van der Waals surface area contributed by atoms with Gasteiger partial charge in [-0.15, -0.1) is 0 Å². The van der Waals surface area contributed by atoms with Crippen molar-refractivity contribution in [3.8, 4) is 0 Å². The molecular formula is C12H15F2NO3S. The average Bonchev–Trinajstić information content (AvgIpc) is 2.85. The lowest BCUT2D eigenvalue weighted by Crippen LogP contribution is -2.40. The third-order valence-corrected chi connectivity index (χ3v) is 4.62. The Labute approximate surface area is 110 Å². The van der Waals surface area contributed by atoms with E-state index < -0.39 is 27.7 Å². The fraction of sp³-hybridized carbons (Fsp3) is 0.500. The van der Waals surface area contributed by atoms with Crippen molar-refractivity contribution in [1.29, 1.82) is 0 Å². The molecule has 0 radical (unpaired) electrons. The molecule has 1 fully saturated rings. The monoisotopic (exact) mass is 291 g/mol. The smallest absolute Gasteiger partial charge is 0.241 e. The first-order valence-electron chi connectivity index (χ1n) is 5.99. The van der Waals surface area contributed by atoms with Crippen LogP contribution in [-0.2, 0) is 14.8 Å². The van der Waals surface area contributed by atoms with E-state index >= 15 is 0 Å². The van der Waals surface area contributed by atoms with Gasteiger partial charge in [0.05, 0.1) is 11.0 Å². The van der Waals surface area contributed by atoms with E-state index in [2.05, 4.69) is 4.72 Å². The molecule has 1 aliphatic rings. The summed E-state index contributed by atoms with van der Waals surface area (Å²) in [5, 5.41) is 0. The molecule has 0 aliphatic carbocycles. The molecule has 0 unspecified atom stereocenters. The molecule has 0 aromatic heterocycles. The van der Waals surface area contributed by atoms with Crippen molar-refractivity contribution in [2.45, 2.75) is 36.8 Å². The molecule has 19 heavy (non-hydrogen) atoms. The zero-order valence-electron chi connectivity index (χ0n) is 10.4. The van der Waals surface area contributed by atoms with Crippen LogP contribution in [0.3, 0.4) is 0 Å². The van der Waals surface area contributed by atoms with E-state index in [-0.39, 0.29) is 11.0 Å². The maximum atomic E-state index is 13.1. The van der Waals surface area contributed by atoms with Gasteiger partial charge in [0.1, 0.15) is 0 Å². The number of halogens is 2. The van der Waals surface area contributed by atoms with Crippen molar-refractivity contribution in [1.82, 2.24) is 4.72 Å². The van der Waals surface area contributed by atoms with Gasteiger partial charge in [-0.1, -0.05) is 0 Å². The van der Waals surface area contributed by atoms with Gasteiger partial charge in [-0.25, -0.2) is 21.9 Å². The van der Waals surface area contributed by atoms with Gasteiger partial charge in [-0.05, 0) is 38.0 Å². The van der Waals surface area contributed by atoms with Gasteiger partial charge < -0.3 is 4.74 Å². The van der Waals surface area contributed by atoms with E-state index in [4.69, 9.17) is 4.74 Å². The second-order valence-electron chi connectivity index (χ2n) is 4.54. The summed E-state index contributed by atoms with van der Waals surface area (Å²) in [5.74, 6) is -2.27. The van der Waals surface area contributed by atoms with Gasteiger partial charge in [0.25, 0.3) is 0 Å². The van der Waals surface area contributed by atoms with Crippen LogP contribution in [0, 0.1) is 11.6 Å². The number of sulfonamides is 1. The van der Waals surface area contributed by atoms with Crippen molar-refractivity contribution in [2.75, 3.05) is 6.61 Å². The Bertz CT molecular complexity index is 556. The second-order valence-corrected chi connectivity index (χ2v) is 6.25. The van der Waals surface area contributed by atoms with Crippen molar-refractivity contribution in [3.05, 3.63) is 29.8 Å². The Hall–Kier alpha value is -1.05. The van der Waals surface area contributed by atoms with Crippen molar-refractivity contribution >= 4 is 10.0 Å². The van der Waals surface area contributed by atoms with Gasteiger partial charge in [0.15, 0.2) is 11.6 Å². The van der Waals surface area contributed by atoms with E-state index in [0.717, 1.165) is 25.0 Å². The number of ether oxygens (including phenoxy) is 1. The van der Waals surface area contributed by atoms with Crippen LogP contribution in [0.15, 0.2) is 23.1 Å². The molecule has 0 spiro atoms. The molecule has 0 amide bonds. The zero-order chi connectivity index (χ0) is 14.0. The van der Waals surface area contributed by atoms with E-state index in [1.165, 1.54) is 0 Å². The first-order chi connectivity index (χ1) is 8.90. The number of hydrogen-bond acceptors (Lipinski definition) is 3. The summed E-state index contributed by atoms with van der Waals surface area (Å²) in [6.07, 6.45) is 1.49. The highest BCUT2D eigenvalue weighted by Gasteiger charge is 2.27. The Balaban J connectivity index is 2.15. The van der Waals surface area contributed by atoms with Crippen LogP contribution >= 0.6 is 0 Å². The standard InChI is InChI=1S/C12H15F2NO3S/c1-8(12-3-2-6-18-12)15-19(16,17)9-4-5-10(13)11(14)7-9/h4-5,7-8,12,15H,2-3,6H2,1H3/t8-,12-/m1/s1. The third kappa shape index (κ3) is 3.29. The number of rotatable bonds is 4. The van der Waals surface area contributed by atoms with Gasteiger partial charge in [0, 0.05) is 12.6 Å². The van der Waals surface area contributed by atoms with Crippen LogP contribution in [0.2, 0.25) is 0 Å². The van der Waals surface area contributed by atoms with Crippen LogP contribution in [-0.4, -0.2) is 27.2 Å². The summed E-state index contributed by atoms with van der Waals surface area (Å²) in [4.78, 5) is -0.295. The minimum Gasteiger partial charge on any atom is -0.377 e. The molecule has 1 aromatic carbocycles. The van der Waals surface area contributed by atoms with Crippen LogP contribution in [0.25, 0.3) is 0 Å². The van der Waals surface area contributed by atoms with Gasteiger partial charge in [-0.2, -0.15) is 0 Å². The van der Waals surface area contributed by atoms with Crippen molar-refractivity contribution < 1.29 is 21.9 Å². The first kappa shape index (κ1) is 14.4. The molecule has 1 aliphatic heterocycles. The second kappa shape index (κ2) is 5.52. The lowest BCUT2D eigenvalue weighted by Gasteiger charge is -2.19. The number of hydrogen-bond donors (Lipinski definition) is 1. The largest absolute Gasteiger partial charge is 0.377 e. The maximum absolute atomic E-state index is 13.1. The molecule has 1 saturated heterocycles. The quantitative estimate of drug-likeness (QED) is 0.920. The highest BCUT2D eigenvalue weighted by Crippen LogP contribution is 2.18. The molecule has 0 bridgehead atoms. The molecule has 1 heterocycles. The Kier molecular flexibility index (Phi) is 4.17. The topological polar surface area (TPSA) is 55.4 Å². The van der Waals surface area contributed by atoms with Crippen LogP contribution in [0.1, 0.15) is 19.8 Å². The molecule has 1 aromatic rings. The van der Waals surface area contributed by atoms with Gasteiger partial charge in [-0.3, -0.25) is 0 Å². The van der Waals surface area contributed by atoms with Crippen molar-refractivity contribution in [2.24, 2.45) is 0 Å². The highest BCUT2D eigenvalue weighted by atomic mass is 32.2. The molecule has 4 nitrogen and oxygen atoms in total. The average molecular weight is 291 g/mol. The maximum Gasteiger partial charge on any atom is 0.241 e. The predicted octanol–water partition coefficient (Wildman–Crippen LogP) is 1.81. The molecular weight excluding hydrogens is 276 g/mol. The zero-order valence-corrected chi connectivity index (χ0v) is 11.2. The van der Waals surface area contributed by atoms with E-state index in [0.29, 0.717) is 12.7 Å². The molecule has 2 rings (SSSR count). The Morgan fingerprint density at radius 2 is 2.11 bits per heavy atom. The molecule has 7 heteroatoms. The van der Waals surface area contributed by atoms with Crippen LogP contribution < -0.4 is 4.72 Å². The van der Waals surface area contributed by atoms with Crippen LogP contribution in [0.5, 0.6) is 0 Å². The molecule has 106 valence electrons. The number of nitrogens with one attached hydrogen (secondary N) is 1. The minimum atomic E-state index is -3.87. The normalized spacial score (nSPS) is 21.5. The predicted molar refractivity (Wildman–Crippen MR) is 65.1 cm³/mol. The summed E-state index contributed by atoms with van der Waals surface area (Å²) < 4.78 is 57.7. The minimum absolute atomic E-state index is 0.180. The third-order valence-electron chi connectivity index (χ3n) is 3.06. The van der Waals surface area contributed by atoms with Gasteiger partial charge in [0.2, 0.25) is 10.0 Å². The lowest BCUT2D eigenvalue weighted by molar-refractivity contribution is 0.0902. The van der Waals surface area contributed by atoms with Crippen LogP contribution in [0.4, 0.5) is 8.78 Å². The SMILES string of the molecule is C[C@@H](NS(=O)(=O)c1ccc(F)c(F)c1)[C@H]1CCCO1. The summed E-state index contributed by atoms with van der Waals surface area (Å²) in [6.45, 7) is 2.30. The first-order valence-corrected chi connectivity index (χ1v) is 7.47. The lowest BCUT2D eigenvalue weighted by atomic mass is 10.1.